The number of amides is 1. The van der Waals surface area contributed by atoms with Crippen molar-refractivity contribution in [2.75, 3.05) is 11.6 Å². The second-order valence-electron chi connectivity index (χ2n) is 3.32. The van der Waals surface area contributed by atoms with E-state index >= 15 is 0 Å². The molecule has 0 fully saturated rings. The van der Waals surface area contributed by atoms with Gasteiger partial charge in [-0.15, -0.1) is 0 Å². The molecule has 0 aromatic heterocycles. The summed E-state index contributed by atoms with van der Waals surface area (Å²) in [4.78, 5) is 11.7. The molecule has 1 atom stereocenters. The van der Waals surface area contributed by atoms with Crippen molar-refractivity contribution in [3.8, 4) is 5.75 Å². The highest BCUT2D eigenvalue weighted by Crippen LogP contribution is 2.20. The molecule has 0 unspecified atom stereocenters. The van der Waals surface area contributed by atoms with Crippen LogP contribution in [-0.4, -0.2) is 22.5 Å². The zero-order valence-electron chi connectivity index (χ0n) is 9.16. The van der Waals surface area contributed by atoms with Crippen LogP contribution < -0.4 is 5.32 Å². The van der Waals surface area contributed by atoms with Crippen molar-refractivity contribution >= 4 is 23.4 Å². The Hall–Kier alpha value is -1.23. The van der Waals surface area contributed by atoms with Gasteiger partial charge in [-0.1, -0.05) is 6.92 Å². The first-order valence-electron chi connectivity index (χ1n) is 4.90. The summed E-state index contributed by atoms with van der Waals surface area (Å²) in [6.45, 7) is 1.91. The van der Waals surface area contributed by atoms with Gasteiger partial charge in [-0.05, 0) is 18.7 Å². The molecule has 0 aliphatic rings. The summed E-state index contributed by atoms with van der Waals surface area (Å²) in [5.74, 6) is -0.958. The average molecular weight is 243 g/mol. The van der Waals surface area contributed by atoms with Crippen molar-refractivity contribution in [2.24, 2.45) is 0 Å². The van der Waals surface area contributed by atoms with Crippen LogP contribution in [0.5, 0.6) is 5.75 Å². The molecule has 2 N–H and O–H groups in total. The minimum atomic E-state index is -0.576. The Morgan fingerprint density at radius 2 is 2.25 bits per heavy atom. The van der Waals surface area contributed by atoms with Crippen molar-refractivity contribution in [2.45, 2.75) is 18.6 Å². The Labute approximate surface area is 98.1 Å². The Balaban J connectivity index is 2.76. The van der Waals surface area contributed by atoms with E-state index in [0.29, 0.717) is 6.42 Å². The first kappa shape index (κ1) is 12.8. The SMILES string of the molecule is CC[C@H](SC)C(=O)Nc1cc(O)cc(F)c1. The molecule has 0 aliphatic carbocycles. The Morgan fingerprint density at radius 1 is 1.56 bits per heavy atom. The van der Waals surface area contributed by atoms with Crippen LogP contribution in [0.1, 0.15) is 13.3 Å². The summed E-state index contributed by atoms with van der Waals surface area (Å²) < 4.78 is 12.9. The number of carbonyl (C=O) groups is 1. The van der Waals surface area contributed by atoms with Crippen LogP contribution in [0.25, 0.3) is 0 Å². The molecule has 0 aliphatic heterocycles. The summed E-state index contributed by atoms with van der Waals surface area (Å²) in [6, 6.07) is 3.47. The second-order valence-corrected chi connectivity index (χ2v) is 4.36. The fourth-order valence-corrected chi connectivity index (χ4v) is 1.93. The van der Waals surface area contributed by atoms with E-state index in [-0.39, 0.29) is 22.6 Å². The molecule has 0 saturated carbocycles. The third-order valence-corrected chi connectivity index (χ3v) is 3.21. The fraction of sp³-hybridized carbons (Fsp3) is 0.364. The molecule has 0 spiro atoms. The van der Waals surface area contributed by atoms with Gasteiger partial charge >= 0.3 is 0 Å². The molecule has 0 heterocycles. The van der Waals surface area contributed by atoms with E-state index < -0.39 is 5.82 Å². The van der Waals surface area contributed by atoms with Crippen molar-refractivity contribution in [1.29, 1.82) is 0 Å². The number of carbonyl (C=O) groups excluding carboxylic acids is 1. The van der Waals surface area contributed by atoms with E-state index in [1.807, 2.05) is 13.2 Å². The lowest BCUT2D eigenvalue weighted by Crippen LogP contribution is -2.24. The van der Waals surface area contributed by atoms with Gasteiger partial charge in [0.15, 0.2) is 0 Å². The van der Waals surface area contributed by atoms with Gasteiger partial charge in [0.2, 0.25) is 5.91 Å². The predicted molar refractivity (Wildman–Crippen MR) is 64.3 cm³/mol. The monoisotopic (exact) mass is 243 g/mol. The van der Waals surface area contributed by atoms with Crippen molar-refractivity contribution in [1.82, 2.24) is 0 Å². The van der Waals surface area contributed by atoms with Gasteiger partial charge in [0.25, 0.3) is 0 Å². The number of hydrogen-bond donors (Lipinski definition) is 2. The van der Waals surface area contributed by atoms with E-state index in [1.54, 1.807) is 0 Å². The lowest BCUT2D eigenvalue weighted by Gasteiger charge is -2.12. The number of halogens is 1. The minimum Gasteiger partial charge on any atom is -0.508 e. The van der Waals surface area contributed by atoms with E-state index in [2.05, 4.69) is 5.32 Å². The molecular weight excluding hydrogens is 229 g/mol. The number of hydrogen-bond acceptors (Lipinski definition) is 3. The van der Waals surface area contributed by atoms with E-state index in [1.165, 1.54) is 23.9 Å². The molecule has 0 saturated heterocycles. The highest BCUT2D eigenvalue weighted by molar-refractivity contribution is 7.99. The fourth-order valence-electron chi connectivity index (χ4n) is 1.33. The third kappa shape index (κ3) is 3.41. The Bertz CT molecular complexity index is 360. The van der Waals surface area contributed by atoms with Gasteiger partial charge < -0.3 is 10.4 Å². The van der Waals surface area contributed by atoms with Crippen LogP contribution >= 0.6 is 11.8 Å². The smallest absolute Gasteiger partial charge is 0.237 e. The summed E-state index contributed by atoms with van der Waals surface area (Å²) in [7, 11) is 0. The van der Waals surface area contributed by atoms with E-state index in [9.17, 15) is 9.18 Å². The van der Waals surface area contributed by atoms with Gasteiger partial charge in [0.05, 0.1) is 5.25 Å². The number of thioether (sulfide) groups is 1. The number of nitrogens with one attached hydrogen (secondary N) is 1. The lowest BCUT2D eigenvalue weighted by molar-refractivity contribution is -0.115. The molecule has 5 heteroatoms. The topological polar surface area (TPSA) is 49.3 Å². The molecular formula is C11H14FNO2S. The normalized spacial score (nSPS) is 12.2. The molecule has 0 radical (unpaired) electrons. The average Bonchev–Trinajstić information content (AvgIpc) is 2.17. The summed E-state index contributed by atoms with van der Waals surface area (Å²) >= 11 is 1.44. The summed E-state index contributed by atoms with van der Waals surface area (Å²) in [5.41, 5.74) is 0.273. The Kier molecular flexibility index (Phi) is 4.61. The zero-order chi connectivity index (χ0) is 12.1. The second kappa shape index (κ2) is 5.75. The molecule has 0 bridgehead atoms. The maximum absolute atomic E-state index is 12.9. The quantitative estimate of drug-likeness (QED) is 0.854. The lowest BCUT2D eigenvalue weighted by atomic mass is 10.2. The molecule has 16 heavy (non-hydrogen) atoms. The van der Waals surface area contributed by atoms with Crippen LogP contribution in [0.15, 0.2) is 18.2 Å². The molecule has 1 rings (SSSR count). The van der Waals surface area contributed by atoms with E-state index in [4.69, 9.17) is 5.11 Å². The maximum atomic E-state index is 12.9. The standard InChI is InChI=1S/C11H14FNO2S/c1-3-10(16-2)11(15)13-8-4-7(12)5-9(14)6-8/h4-6,10,14H,3H2,1-2H3,(H,13,15)/t10-/m0/s1. The first-order valence-corrected chi connectivity index (χ1v) is 6.18. The van der Waals surface area contributed by atoms with E-state index in [0.717, 1.165) is 6.07 Å². The Morgan fingerprint density at radius 3 is 2.75 bits per heavy atom. The number of rotatable bonds is 4. The molecule has 3 nitrogen and oxygen atoms in total. The first-order chi connectivity index (χ1) is 7.56. The van der Waals surface area contributed by atoms with Gasteiger partial charge in [-0.25, -0.2) is 4.39 Å². The highest BCUT2D eigenvalue weighted by Gasteiger charge is 2.15. The number of anilines is 1. The predicted octanol–water partition coefficient (Wildman–Crippen LogP) is 2.61. The van der Waals surface area contributed by atoms with Gasteiger partial charge in [-0.2, -0.15) is 11.8 Å². The van der Waals surface area contributed by atoms with Gasteiger partial charge in [0.1, 0.15) is 11.6 Å². The van der Waals surface area contributed by atoms with Crippen LogP contribution in [0.2, 0.25) is 0 Å². The van der Waals surface area contributed by atoms with Crippen LogP contribution in [0.3, 0.4) is 0 Å². The van der Waals surface area contributed by atoms with Crippen LogP contribution in [-0.2, 0) is 4.79 Å². The third-order valence-electron chi connectivity index (χ3n) is 2.10. The number of benzene rings is 1. The van der Waals surface area contributed by atoms with Crippen molar-refractivity contribution in [3.05, 3.63) is 24.0 Å². The van der Waals surface area contributed by atoms with Crippen LogP contribution in [0, 0.1) is 5.82 Å². The van der Waals surface area contributed by atoms with Crippen molar-refractivity contribution in [3.63, 3.8) is 0 Å². The van der Waals surface area contributed by atoms with Crippen molar-refractivity contribution < 1.29 is 14.3 Å². The largest absolute Gasteiger partial charge is 0.508 e. The minimum absolute atomic E-state index is 0.162. The summed E-state index contributed by atoms with van der Waals surface area (Å²) in [5, 5.41) is 11.6. The number of phenolic OH excluding ortho intramolecular Hbond substituents is 1. The summed E-state index contributed by atoms with van der Waals surface area (Å²) in [6.07, 6.45) is 2.55. The number of aromatic hydroxyl groups is 1. The van der Waals surface area contributed by atoms with Gasteiger partial charge in [-0.3, -0.25) is 4.79 Å². The highest BCUT2D eigenvalue weighted by atomic mass is 32.2. The molecule has 1 aromatic carbocycles. The number of phenols is 1. The molecule has 88 valence electrons. The van der Waals surface area contributed by atoms with Gasteiger partial charge in [0, 0.05) is 17.8 Å². The molecule has 1 aromatic rings. The molecule has 1 amide bonds. The maximum Gasteiger partial charge on any atom is 0.237 e. The van der Waals surface area contributed by atoms with Crippen LogP contribution in [0.4, 0.5) is 10.1 Å². The zero-order valence-corrected chi connectivity index (χ0v) is 9.97.